The van der Waals surface area contributed by atoms with Crippen molar-refractivity contribution >= 4 is 20.5 Å². The first-order chi connectivity index (χ1) is 14.0. The lowest BCUT2D eigenvalue weighted by Gasteiger charge is -2.38. The van der Waals surface area contributed by atoms with Crippen LogP contribution in [0, 0.1) is 11.3 Å². The van der Waals surface area contributed by atoms with E-state index in [1.54, 1.807) is 13.8 Å². The van der Waals surface area contributed by atoms with Crippen molar-refractivity contribution in [3.8, 4) is 6.07 Å². The molecule has 10 heteroatoms. The summed E-state index contributed by atoms with van der Waals surface area (Å²) in [6.45, 7) is 11.4. The summed E-state index contributed by atoms with van der Waals surface area (Å²) in [4.78, 5) is 35.0. The van der Waals surface area contributed by atoms with Gasteiger partial charge in [0.2, 0.25) is 0 Å². The van der Waals surface area contributed by atoms with E-state index in [1.807, 2.05) is 27.7 Å². The number of hydrogen-bond donors (Lipinski definition) is 4. The molecule has 9 nitrogen and oxygen atoms in total. The largest absolute Gasteiger partial charge is 0.478 e. The Labute approximate surface area is 180 Å². The molecular weight excluding hydrogens is 409 g/mol. The number of carboxylic acids is 2. The van der Waals surface area contributed by atoms with Crippen LogP contribution >= 0.6 is 8.53 Å². The first-order valence-corrected chi connectivity index (χ1v) is 11.4. The molecule has 0 rings (SSSR count). The average Bonchev–Trinajstić information content (AvgIpc) is 2.59. The highest BCUT2D eigenvalue weighted by Crippen LogP contribution is 2.32. The molecule has 3 atom stereocenters. The highest BCUT2D eigenvalue weighted by Gasteiger charge is 2.27. The molecule has 0 radical (unpaired) electrons. The Hall–Kier alpha value is -1.56. The van der Waals surface area contributed by atoms with Crippen molar-refractivity contribution in [2.75, 3.05) is 0 Å². The zero-order valence-corrected chi connectivity index (χ0v) is 19.6. The minimum Gasteiger partial charge on any atom is -0.478 e. The first kappa shape index (κ1) is 28.4. The van der Waals surface area contributed by atoms with Gasteiger partial charge in [-0.1, -0.05) is 6.92 Å². The lowest BCUT2D eigenvalue weighted by atomic mass is 9.99. The first-order valence-electron chi connectivity index (χ1n) is 10.2. The second-order valence-corrected chi connectivity index (χ2v) is 8.66. The normalized spacial score (nSPS) is 15.6. The van der Waals surface area contributed by atoms with Crippen LogP contribution in [0.5, 0.6) is 0 Å². The Morgan fingerprint density at radius 3 is 2.03 bits per heavy atom. The molecule has 0 bridgehead atoms. The summed E-state index contributed by atoms with van der Waals surface area (Å²) in [6.07, 6.45) is 0.576. The zero-order valence-electron chi connectivity index (χ0n) is 18.8. The highest BCUT2D eigenvalue weighted by atomic mass is 31.2. The molecule has 3 unspecified atom stereocenters. The van der Waals surface area contributed by atoms with Gasteiger partial charge in [-0.25, -0.2) is 14.7 Å². The molecule has 0 saturated carbocycles. The van der Waals surface area contributed by atoms with Crippen LogP contribution < -0.4 is 5.09 Å². The molecule has 0 aliphatic carbocycles. The van der Waals surface area contributed by atoms with Crippen LogP contribution in [0.4, 0.5) is 0 Å². The van der Waals surface area contributed by atoms with Gasteiger partial charge in [0, 0.05) is 23.2 Å². The number of carbonyl (C=O) groups is 2. The molecule has 0 aliphatic rings. The van der Waals surface area contributed by atoms with Gasteiger partial charge in [-0.15, -0.1) is 0 Å². The van der Waals surface area contributed by atoms with Crippen molar-refractivity contribution < 1.29 is 29.2 Å². The van der Waals surface area contributed by atoms with Crippen molar-refractivity contribution in [3.05, 3.63) is 11.1 Å². The molecule has 4 N–H and O–H groups in total. The Balaban J connectivity index is 4.86. The van der Waals surface area contributed by atoms with E-state index in [1.165, 1.54) is 0 Å². The van der Waals surface area contributed by atoms with Gasteiger partial charge in [0.15, 0.2) is 0 Å². The number of rotatable bonds is 15. The van der Waals surface area contributed by atoms with Gasteiger partial charge < -0.3 is 19.6 Å². The van der Waals surface area contributed by atoms with E-state index in [2.05, 4.69) is 16.1 Å². The quantitative estimate of drug-likeness (QED) is 0.169. The highest BCUT2D eigenvalue weighted by molar-refractivity contribution is 7.43. The fraction of sp³-hybridized carbons (Fsp3) is 0.750. The van der Waals surface area contributed by atoms with E-state index in [-0.39, 0.29) is 54.8 Å². The fourth-order valence-corrected chi connectivity index (χ4v) is 4.43. The van der Waals surface area contributed by atoms with Crippen LogP contribution in [0.15, 0.2) is 11.1 Å². The molecule has 0 spiro atoms. The van der Waals surface area contributed by atoms with Gasteiger partial charge in [0.25, 0.3) is 8.53 Å². The van der Waals surface area contributed by atoms with E-state index < -0.39 is 20.5 Å². The maximum Gasteiger partial charge on any atom is 0.332 e. The van der Waals surface area contributed by atoms with Crippen LogP contribution in [0.1, 0.15) is 73.6 Å². The molecule has 0 saturated heterocycles. The van der Waals surface area contributed by atoms with Crippen LogP contribution in [-0.2, 0) is 14.1 Å². The summed E-state index contributed by atoms with van der Waals surface area (Å²) in [7, 11) is -1.99. The molecule has 0 fully saturated rings. The third kappa shape index (κ3) is 9.96. The molecule has 172 valence electrons. The van der Waals surface area contributed by atoms with E-state index in [4.69, 9.17) is 14.9 Å². The van der Waals surface area contributed by atoms with Gasteiger partial charge in [-0.3, -0.25) is 4.90 Å². The summed E-state index contributed by atoms with van der Waals surface area (Å²) < 4.78 is 5.61. The lowest BCUT2D eigenvalue weighted by molar-refractivity contribution is -0.136. The molecule has 0 aromatic rings. The number of nitrogens with one attached hydrogen (secondary N) is 1. The third-order valence-corrected chi connectivity index (χ3v) is 5.73. The minimum atomic E-state index is -1.99. The number of carboxylic acid groups (broad SMARTS) is 2. The van der Waals surface area contributed by atoms with Crippen molar-refractivity contribution in [2.24, 2.45) is 0 Å². The van der Waals surface area contributed by atoms with Crippen molar-refractivity contribution in [3.63, 3.8) is 0 Å². The maximum absolute atomic E-state index is 11.4. The van der Waals surface area contributed by atoms with E-state index in [0.29, 0.717) is 12.8 Å². The summed E-state index contributed by atoms with van der Waals surface area (Å²) >= 11 is 0. The van der Waals surface area contributed by atoms with E-state index in [0.717, 1.165) is 0 Å². The van der Waals surface area contributed by atoms with Crippen molar-refractivity contribution in [2.45, 2.75) is 98.0 Å². The maximum atomic E-state index is 11.4. The molecular formula is C20H36N3O6P. The van der Waals surface area contributed by atoms with Crippen LogP contribution in [0.2, 0.25) is 0 Å². The Bertz CT molecular complexity index is 625. The minimum absolute atomic E-state index is 0.0936. The second kappa shape index (κ2) is 14.4. The molecule has 0 aliphatic heterocycles. The lowest BCUT2D eigenvalue weighted by Crippen LogP contribution is -2.50. The van der Waals surface area contributed by atoms with Gasteiger partial charge in [-0.2, -0.15) is 5.26 Å². The van der Waals surface area contributed by atoms with Gasteiger partial charge in [0.1, 0.15) is 0 Å². The number of aliphatic carboxylic acids is 2. The number of hydrogen-bond acceptors (Lipinski definition) is 7. The van der Waals surface area contributed by atoms with Crippen molar-refractivity contribution in [1.82, 2.24) is 9.99 Å². The van der Waals surface area contributed by atoms with Crippen LogP contribution in [0.3, 0.4) is 0 Å². The third-order valence-electron chi connectivity index (χ3n) is 4.65. The topological polar surface area (TPSA) is 143 Å². The molecule has 0 aromatic heterocycles. The van der Waals surface area contributed by atoms with E-state index >= 15 is 0 Å². The average molecular weight is 445 g/mol. The molecule has 0 amide bonds. The Morgan fingerprint density at radius 2 is 1.63 bits per heavy atom. The molecule has 0 heterocycles. The van der Waals surface area contributed by atoms with Gasteiger partial charge in [0.05, 0.1) is 24.8 Å². The fourth-order valence-electron chi connectivity index (χ4n) is 3.45. The predicted molar refractivity (Wildman–Crippen MR) is 115 cm³/mol. The SMILES string of the molecule is CCC(C(=O)O)=C(CCCC(C)OP(O)NC(CC#N)N(C(C)C)C(C)C)C(=O)O. The van der Waals surface area contributed by atoms with Gasteiger partial charge in [-0.05, 0) is 60.3 Å². The standard InChI is InChI=1S/C20H36N3O6P/c1-7-16(19(24)25)17(20(26)27)10-8-9-15(6)29-30(28)22-18(11-12-21)23(13(2)3)14(4)5/h13-15,18,22,28H,7-11H2,1-6H3,(H,24,25)(H,26,27). The monoisotopic (exact) mass is 445 g/mol. The summed E-state index contributed by atoms with van der Waals surface area (Å²) in [6, 6.07) is 2.46. The summed E-state index contributed by atoms with van der Waals surface area (Å²) in [5, 5.41) is 30.6. The van der Waals surface area contributed by atoms with Crippen LogP contribution in [-0.4, -0.2) is 56.3 Å². The molecule has 0 aromatic carbocycles. The number of nitrogens with zero attached hydrogens (tertiary/aromatic N) is 2. The summed E-state index contributed by atoms with van der Waals surface area (Å²) in [5.41, 5.74) is -0.191. The van der Waals surface area contributed by atoms with E-state index in [9.17, 15) is 19.6 Å². The molecule has 30 heavy (non-hydrogen) atoms. The Kier molecular flexibility index (Phi) is 13.7. The van der Waals surface area contributed by atoms with Gasteiger partial charge >= 0.3 is 11.9 Å². The van der Waals surface area contributed by atoms with Crippen LogP contribution in [0.25, 0.3) is 0 Å². The number of nitriles is 1. The zero-order chi connectivity index (χ0) is 23.4. The summed E-state index contributed by atoms with van der Waals surface area (Å²) in [5.74, 6) is -2.44. The van der Waals surface area contributed by atoms with Crippen molar-refractivity contribution in [1.29, 1.82) is 5.26 Å². The predicted octanol–water partition coefficient (Wildman–Crippen LogP) is 3.60. The second-order valence-electron chi connectivity index (χ2n) is 7.64. The Morgan fingerprint density at radius 1 is 1.10 bits per heavy atom. The smallest absolute Gasteiger partial charge is 0.332 e.